The summed E-state index contributed by atoms with van der Waals surface area (Å²) in [5, 5.41) is 0.922. The molecule has 0 unspecified atom stereocenters. The average Bonchev–Trinajstić information content (AvgIpc) is 2.69. The summed E-state index contributed by atoms with van der Waals surface area (Å²) in [6, 6.07) is 15.0. The fraction of sp³-hybridized carbons (Fsp3) is 0.261. The smallest absolute Gasteiger partial charge is 0.340 e. The van der Waals surface area contributed by atoms with Crippen LogP contribution in [0.3, 0.4) is 0 Å². The number of esters is 2. The molecule has 2 aromatic carbocycles. The summed E-state index contributed by atoms with van der Waals surface area (Å²) in [5.74, 6) is -0.706. The number of aryl methyl sites for hydroxylation is 1. The van der Waals surface area contributed by atoms with Crippen LogP contribution in [0.2, 0.25) is 0 Å². The number of pyridine rings is 1. The van der Waals surface area contributed by atoms with Crippen LogP contribution in [-0.2, 0) is 15.9 Å². The van der Waals surface area contributed by atoms with E-state index < -0.39 is 0 Å². The number of para-hydroxylation sites is 1. The second kappa shape index (κ2) is 8.65. The maximum absolute atomic E-state index is 12.6. The lowest BCUT2D eigenvalue weighted by Crippen LogP contribution is -2.13. The average molecular weight is 377 g/mol. The van der Waals surface area contributed by atoms with E-state index >= 15 is 0 Å². The van der Waals surface area contributed by atoms with Gasteiger partial charge in [0.1, 0.15) is 0 Å². The molecular formula is C23H23NO4. The van der Waals surface area contributed by atoms with Crippen LogP contribution in [0.15, 0.2) is 48.5 Å². The fourth-order valence-electron chi connectivity index (χ4n) is 3.25. The third-order valence-electron chi connectivity index (χ3n) is 4.51. The number of carbonyl (C=O) groups is 2. The number of hydrogen-bond acceptors (Lipinski definition) is 5. The molecule has 3 rings (SSSR count). The Bertz CT molecular complexity index is 1010. The van der Waals surface area contributed by atoms with Crippen LogP contribution in [0.1, 0.15) is 51.4 Å². The van der Waals surface area contributed by atoms with Gasteiger partial charge < -0.3 is 9.47 Å². The van der Waals surface area contributed by atoms with Crippen molar-refractivity contribution in [3.8, 4) is 0 Å². The van der Waals surface area contributed by atoms with E-state index in [2.05, 4.69) is 4.98 Å². The van der Waals surface area contributed by atoms with Crippen LogP contribution in [0.5, 0.6) is 0 Å². The van der Waals surface area contributed by atoms with Gasteiger partial charge >= 0.3 is 11.9 Å². The minimum Gasteiger partial charge on any atom is -0.462 e. The molecule has 0 saturated heterocycles. The fourth-order valence-corrected chi connectivity index (χ4v) is 3.25. The molecule has 0 atom stereocenters. The van der Waals surface area contributed by atoms with Crippen molar-refractivity contribution in [3.63, 3.8) is 0 Å². The number of aromatic nitrogens is 1. The van der Waals surface area contributed by atoms with E-state index in [4.69, 9.17) is 9.47 Å². The van der Waals surface area contributed by atoms with Crippen molar-refractivity contribution in [1.29, 1.82) is 0 Å². The van der Waals surface area contributed by atoms with Crippen LogP contribution in [0.4, 0.5) is 0 Å². The zero-order chi connectivity index (χ0) is 20.1. The van der Waals surface area contributed by atoms with Crippen molar-refractivity contribution in [3.05, 3.63) is 76.5 Å². The highest BCUT2D eigenvalue weighted by Crippen LogP contribution is 2.27. The Balaban J connectivity index is 2.04. The van der Waals surface area contributed by atoms with Crippen molar-refractivity contribution >= 4 is 22.8 Å². The van der Waals surface area contributed by atoms with Gasteiger partial charge in [-0.25, -0.2) is 9.59 Å². The van der Waals surface area contributed by atoms with Gasteiger partial charge in [-0.1, -0.05) is 30.3 Å². The van der Waals surface area contributed by atoms with Gasteiger partial charge in [-0.2, -0.15) is 0 Å². The molecule has 0 amide bonds. The van der Waals surface area contributed by atoms with Crippen LogP contribution in [0.25, 0.3) is 10.9 Å². The third-order valence-corrected chi connectivity index (χ3v) is 4.51. The van der Waals surface area contributed by atoms with Crippen molar-refractivity contribution in [1.82, 2.24) is 4.98 Å². The Morgan fingerprint density at radius 2 is 1.54 bits per heavy atom. The van der Waals surface area contributed by atoms with Gasteiger partial charge in [0.2, 0.25) is 0 Å². The monoisotopic (exact) mass is 377 g/mol. The first-order valence-electron chi connectivity index (χ1n) is 9.36. The van der Waals surface area contributed by atoms with Gasteiger partial charge in [0.05, 0.1) is 35.6 Å². The number of fused-ring (bicyclic) bond motifs is 1. The maximum atomic E-state index is 12.6. The van der Waals surface area contributed by atoms with Gasteiger partial charge in [0.25, 0.3) is 0 Å². The summed E-state index contributed by atoms with van der Waals surface area (Å²) < 4.78 is 10.3. The summed E-state index contributed by atoms with van der Waals surface area (Å²) in [4.78, 5) is 29.0. The lowest BCUT2D eigenvalue weighted by molar-refractivity contribution is 0.0515. The predicted molar refractivity (Wildman–Crippen MR) is 108 cm³/mol. The van der Waals surface area contributed by atoms with Crippen LogP contribution < -0.4 is 0 Å². The Kier molecular flexibility index (Phi) is 6.04. The molecule has 1 heterocycles. The number of carbonyl (C=O) groups excluding carboxylic acids is 2. The van der Waals surface area contributed by atoms with E-state index in [0.717, 1.165) is 22.0 Å². The van der Waals surface area contributed by atoms with E-state index in [1.807, 2.05) is 43.3 Å². The number of rotatable bonds is 6. The largest absolute Gasteiger partial charge is 0.462 e. The summed E-state index contributed by atoms with van der Waals surface area (Å²) in [5.41, 5.74) is 4.36. The van der Waals surface area contributed by atoms with Crippen molar-refractivity contribution < 1.29 is 19.1 Å². The molecule has 0 saturated carbocycles. The molecule has 3 aromatic rings. The highest BCUT2D eigenvalue weighted by Gasteiger charge is 2.20. The molecule has 5 nitrogen and oxygen atoms in total. The number of benzene rings is 2. The molecular weight excluding hydrogens is 354 g/mol. The van der Waals surface area contributed by atoms with Gasteiger partial charge in [-0.05, 0) is 56.5 Å². The summed E-state index contributed by atoms with van der Waals surface area (Å²) in [6.45, 7) is 6.03. The Morgan fingerprint density at radius 3 is 2.21 bits per heavy atom. The summed E-state index contributed by atoms with van der Waals surface area (Å²) >= 11 is 0. The molecule has 0 aliphatic carbocycles. The van der Waals surface area contributed by atoms with E-state index in [1.165, 1.54) is 0 Å². The third kappa shape index (κ3) is 4.03. The molecule has 0 aliphatic rings. The van der Waals surface area contributed by atoms with Gasteiger partial charge in [-0.15, -0.1) is 0 Å². The first-order valence-corrected chi connectivity index (χ1v) is 9.36. The second-order valence-corrected chi connectivity index (χ2v) is 6.38. The van der Waals surface area contributed by atoms with Gasteiger partial charge in [-0.3, -0.25) is 4.98 Å². The number of ether oxygens (including phenoxy) is 2. The van der Waals surface area contributed by atoms with Gasteiger partial charge in [0, 0.05) is 5.39 Å². The molecule has 0 fully saturated rings. The molecule has 144 valence electrons. The molecule has 0 spiro atoms. The molecule has 0 bridgehead atoms. The highest BCUT2D eigenvalue weighted by molar-refractivity contribution is 5.98. The van der Waals surface area contributed by atoms with Crippen LogP contribution in [0, 0.1) is 6.92 Å². The highest BCUT2D eigenvalue weighted by atomic mass is 16.5. The first kappa shape index (κ1) is 19.5. The molecule has 0 radical (unpaired) electrons. The molecule has 5 heteroatoms. The molecule has 0 N–H and O–H groups in total. The maximum Gasteiger partial charge on any atom is 0.340 e. The lowest BCUT2D eigenvalue weighted by atomic mass is 9.94. The standard InChI is InChI=1S/C23H23NO4/c1-4-27-22(25)17-12-10-16(11-13-17)14-19-18-8-6-7-9-20(18)24-15(3)21(19)23(26)28-5-2/h6-13H,4-5,14H2,1-3H3. The minimum absolute atomic E-state index is 0.304. The summed E-state index contributed by atoms with van der Waals surface area (Å²) in [6.07, 6.45) is 0.529. The van der Waals surface area contributed by atoms with E-state index in [-0.39, 0.29) is 11.9 Å². The van der Waals surface area contributed by atoms with Gasteiger partial charge in [0.15, 0.2) is 0 Å². The van der Waals surface area contributed by atoms with Crippen molar-refractivity contribution in [2.75, 3.05) is 13.2 Å². The Hall–Kier alpha value is -3.21. The second-order valence-electron chi connectivity index (χ2n) is 6.38. The van der Waals surface area contributed by atoms with Crippen LogP contribution >= 0.6 is 0 Å². The Labute approximate surface area is 164 Å². The van der Waals surface area contributed by atoms with E-state index in [0.29, 0.717) is 36.5 Å². The van der Waals surface area contributed by atoms with E-state index in [9.17, 15) is 9.59 Å². The zero-order valence-corrected chi connectivity index (χ0v) is 16.3. The zero-order valence-electron chi connectivity index (χ0n) is 16.3. The normalized spacial score (nSPS) is 10.7. The number of hydrogen-bond donors (Lipinski definition) is 0. The van der Waals surface area contributed by atoms with Crippen molar-refractivity contribution in [2.45, 2.75) is 27.2 Å². The predicted octanol–water partition coefficient (Wildman–Crippen LogP) is 4.49. The molecule has 28 heavy (non-hydrogen) atoms. The topological polar surface area (TPSA) is 65.5 Å². The van der Waals surface area contributed by atoms with Crippen LogP contribution in [-0.4, -0.2) is 30.1 Å². The quantitative estimate of drug-likeness (QED) is 0.592. The number of nitrogens with zero attached hydrogens (tertiary/aromatic N) is 1. The Morgan fingerprint density at radius 1 is 0.893 bits per heavy atom. The van der Waals surface area contributed by atoms with Crippen molar-refractivity contribution in [2.24, 2.45) is 0 Å². The first-order chi connectivity index (χ1) is 13.5. The lowest BCUT2D eigenvalue weighted by Gasteiger charge is -2.15. The minimum atomic E-state index is -0.364. The molecule has 0 aliphatic heterocycles. The molecule has 1 aromatic heterocycles. The summed E-state index contributed by atoms with van der Waals surface area (Å²) in [7, 11) is 0. The van der Waals surface area contributed by atoms with E-state index in [1.54, 1.807) is 26.0 Å². The SMILES string of the molecule is CCOC(=O)c1ccc(Cc2c(C(=O)OCC)c(C)nc3ccccc23)cc1.